The summed E-state index contributed by atoms with van der Waals surface area (Å²) >= 11 is 0. The zero-order valence-corrected chi connectivity index (χ0v) is 9.37. The Hall–Kier alpha value is -0.860. The third-order valence-corrected chi connectivity index (χ3v) is 2.44. The number of hydrogen-bond donors (Lipinski definition) is 0. The first kappa shape index (κ1) is 11.2. The highest BCUT2D eigenvalue weighted by molar-refractivity contribution is 4.90. The maximum Gasteiger partial charge on any atom is 0.0824 e. The van der Waals surface area contributed by atoms with Crippen molar-refractivity contribution in [1.82, 2.24) is 15.0 Å². The fourth-order valence-electron chi connectivity index (χ4n) is 1.49. The molecule has 1 aromatic heterocycles. The molecule has 0 saturated carbocycles. The fourth-order valence-corrected chi connectivity index (χ4v) is 1.49. The van der Waals surface area contributed by atoms with E-state index in [0.29, 0.717) is 0 Å². The normalized spacial score (nSPS) is 10.7. The van der Waals surface area contributed by atoms with E-state index in [4.69, 9.17) is 0 Å². The Labute approximate surface area is 86.5 Å². The van der Waals surface area contributed by atoms with Crippen LogP contribution in [0, 0.1) is 0 Å². The van der Waals surface area contributed by atoms with Crippen molar-refractivity contribution >= 4 is 0 Å². The topological polar surface area (TPSA) is 30.7 Å². The molecule has 0 aromatic carbocycles. The minimum atomic E-state index is 0.982. The van der Waals surface area contributed by atoms with Gasteiger partial charge >= 0.3 is 0 Å². The van der Waals surface area contributed by atoms with Crippen LogP contribution in [0.2, 0.25) is 0 Å². The summed E-state index contributed by atoms with van der Waals surface area (Å²) in [5.41, 5.74) is 1.10. The third-order valence-electron chi connectivity index (χ3n) is 2.44. The molecule has 1 rings (SSSR count). The van der Waals surface area contributed by atoms with E-state index in [1.165, 1.54) is 32.1 Å². The van der Waals surface area contributed by atoms with Crippen molar-refractivity contribution in [2.45, 2.75) is 58.9 Å². The smallest absolute Gasteiger partial charge is 0.0824 e. The van der Waals surface area contributed by atoms with E-state index in [0.717, 1.165) is 18.7 Å². The van der Waals surface area contributed by atoms with E-state index < -0.39 is 0 Å². The van der Waals surface area contributed by atoms with E-state index in [2.05, 4.69) is 30.4 Å². The Morgan fingerprint density at radius 2 is 1.93 bits per heavy atom. The van der Waals surface area contributed by atoms with Crippen molar-refractivity contribution in [2.24, 2.45) is 0 Å². The van der Waals surface area contributed by atoms with E-state index in [1.807, 2.05) is 4.68 Å². The maximum absolute atomic E-state index is 4.07. The molecule has 0 aliphatic rings. The van der Waals surface area contributed by atoms with Gasteiger partial charge in [-0.05, 0) is 12.8 Å². The van der Waals surface area contributed by atoms with Gasteiger partial charge in [0.05, 0.1) is 5.69 Å². The van der Waals surface area contributed by atoms with Crippen LogP contribution in [0.4, 0.5) is 0 Å². The molecule has 0 atom stereocenters. The van der Waals surface area contributed by atoms with Crippen LogP contribution < -0.4 is 0 Å². The van der Waals surface area contributed by atoms with Crippen LogP contribution in [0.5, 0.6) is 0 Å². The molecule has 0 aliphatic carbocycles. The van der Waals surface area contributed by atoms with Crippen molar-refractivity contribution in [3.05, 3.63) is 11.9 Å². The van der Waals surface area contributed by atoms with Crippen LogP contribution in [0.3, 0.4) is 0 Å². The number of rotatable bonds is 7. The number of aryl methyl sites for hydroxylation is 2. The molecule has 14 heavy (non-hydrogen) atoms. The van der Waals surface area contributed by atoms with Gasteiger partial charge in [0.2, 0.25) is 0 Å². The van der Waals surface area contributed by atoms with Crippen LogP contribution in [-0.2, 0) is 13.0 Å². The quantitative estimate of drug-likeness (QED) is 0.626. The maximum atomic E-state index is 4.07. The first-order chi connectivity index (χ1) is 6.86. The van der Waals surface area contributed by atoms with Gasteiger partial charge in [0.1, 0.15) is 0 Å². The second-order valence-corrected chi connectivity index (χ2v) is 3.74. The average Bonchev–Trinajstić information content (AvgIpc) is 2.65. The van der Waals surface area contributed by atoms with Crippen LogP contribution >= 0.6 is 0 Å². The molecule has 3 nitrogen and oxygen atoms in total. The molecule has 80 valence electrons. The highest BCUT2D eigenvalue weighted by atomic mass is 15.4. The molecular weight excluding hydrogens is 174 g/mol. The van der Waals surface area contributed by atoms with Crippen LogP contribution in [0.15, 0.2) is 6.20 Å². The lowest BCUT2D eigenvalue weighted by molar-refractivity contribution is 0.521. The van der Waals surface area contributed by atoms with Crippen molar-refractivity contribution in [2.75, 3.05) is 0 Å². The molecule has 1 heterocycles. The molecule has 0 amide bonds. The summed E-state index contributed by atoms with van der Waals surface area (Å²) in [4.78, 5) is 0. The lowest BCUT2D eigenvalue weighted by Crippen LogP contribution is -1.98. The van der Waals surface area contributed by atoms with Gasteiger partial charge in [-0.2, -0.15) is 0 Å². The molecule has 0 fully saturated rings. The molecule has 3 heteroatoms. The predicted molar refractivity (Wildman–Crippen MR) is 58.2 cm³/mol. The van der Waals surface area contributed by atoms with E-state index in [9.17, 15) is 0 Å². The Bertz CT molecular complexity index is 242. The second-order valence-electron chi connectivity index (χ2n) is 3.74. The molecule has 0 radical (unpaired) electrons. The SMILES string of the molecule is CCCCCCCn1cc(CC)nn1. The zero-order chi connectivity index (χ0) is 10.2. The number of nitrogens with zero attached hydrogens (tertiary/aromatic N) is 3. The van der Waals surface area contributed by atoms with Crippen LogP contribution in [0.1, 0.15) is 51.6 Å². The Morgan fingerprint density at radius 1 is 1.14 bits per heavy atom. The highest BCUT2D eigenvalue weighted by Crippen LogP contribution is 2.04. The lowest BCUT2D eigenvalue weighted by atomic mass is 10.1. The van der Waals surface area contributed by atoms with Crippen molar-refractivity contribution in [3.63, 3.8) is 0 Å². The molecule has 0 unspecified atom stereocenters. The fraction of sp³-hybridized carbons (Fsp3) is 0.818. The van der Waals surface area contributed by atoms with E-state index in [1.54, 1.807) is 0 Å². The molecule has 0 spiro atoms. The largest absolute Gasteiger partial charge is 0.252 e. The second kappa shape index (κ2) is 6.57. The molecular formula is C11H21N3. The minimum Gasteiger partial charge on any atom is -0.252 e. The first-order valence-corrected chi connectivity index (χ1v) is 5.75. The predicted octanol–water partition coefficient (Wildman–Crippen LogP) is 2.81. The lowest BCUT2D eigenvalue weighted by Gasteiger charge is -1.99. The van der Waals surface area contributed by atoms with Crippen molar-refractivity contribution < 1.29 is 0 Å². The van der Waals surface area contributed by atoms with Crippen molar-refractivity contribution in [1.29, 1.82) is 0 Å². The zero-order valence-electron chi connectivity index (χ0n) is 9.37. The third kappa shape index (κ3) is 3.90. The van der Waals surface area contributed by atoms with E-state index in [-0.39, 0.29) is 0 Å². The summed E-state index contributed by atoms with van der Waals surface area (Å²) in [5.74, 6) is 0. The van der Waals surface area contributed by atoms with Crippen LogP contribution in [0.25, 0.3) is 0 Å². The van der Waals surface area contributed by atoms with Gasteiger partial charge in [-0.15, -0.1) is 5.10 Å². The van der Waals surface area contributed by atoms with Gasteiger partial charge in [0, 0.05) is 12.7 Å². The molecule has 0 N–H and O–H groups in total. The van der Waals surface area contributed by atoms with Gasteiger partial charge in [-0.25, -0.2) is 0 Å². The molecule has 0 bridgehead atoms. The number of aromatic nitrogens is 3. The first-order valence-electron chi connectivity index (χ1n) is 5.75. The summed E-state index contributed by atoms with van der Waals surface area (Å²) in [5, 5.41) is 8.13. The van der Waals surface area contributed by atoms with Crippen LogP contribution in [-0.4, -0.2) is 15.0 Å². The van der Waals surface area contributed by atoms with E-state index >= 15 is 0 Å². The summed E-state index contributed by atoms with van der Waals surface area (Å²) in [6, 6.07) is 0. The summed E-state index contributed by atoms with van der Waals surface area (Å²) < 4.78 is 1.96. The monoisotopic (exact) mass is 195 g/mol. The molecule has 1 aromatic rings. The van der Waals surface area contributed by atoms with Gasteiger partial charge in [-0.1, -0.05) is 44.7 Å². The number of unbranched alkanes of at least 4 members (excludes halogenated alkanes) is 4. The number of hydrogen-bond acceptors (Lipinski definition) is 2. The summed E-state index contributed by atoms with van der Waals surface area (Å²) in [6.45, 7) is 5.37. The summed E-state index contributed by atoms with van der Waals surface area (Å²) in [6.07, 6.45) is 9.60. The minimum absolute atomic E-state index is 0.982. The van der Waals surface area contributed by atoms with Gasteiger partial charge in [-0.3, -0.25) is 4.68 Å². The average molecular weight is 195 g/mol. The highest BCUT2D eigenvalue weighted by Gasteiger charge is 1.97. The van der Waals surface area contributed by atoms with Crippen molar-refractivity contribution in [3.8, 4) is 0 Å². The Balaban J connectivity index is 2.12. The Kier molecular flexibility index (Phi) is 5.27. The molecule has 0 aliphatic heterocycles. The van der Waals surface area contributed by atoms with Gasteiger partial charge in [0.15, 0.2) is 0 Å². The molecule has 0 saturated heterocycles. The van der Waals surface area contributed by atoms with Gasteiger partial charge < -0.3 is 0 Å². The standard InChI is InChI=1S/C11H21N3/c1-3-5-6-7-8-9-14-10-11(4-2)12-13-14/h10H,3-9H2,1-2H3. The summed E-state index contributed by atoms with van der Waals surface area (Å²) in [7, 11) is 0. The Morgan fingerprint density at radius 3 is 2.57 bits per heavy atom. The van der Waals surface area contributed by atoms with Gasteiger partial charge in [0.25, 0.3) is 0 Å².